The number of carbonyl (C=O) groups excluding carboxylic acids is 2. The van der Waals surface area contributed by atoms with Gasteiger partial charge in [0.15, 0.2) is 0 Å². The van der Waals surface area contributed by atoms with Gasteiger partial charge in [0.2, 0.25) is 0 Å². The number of esters is 1. The summed E-state index contributed by atoms with van der Waals surface area (Å²) in [5.41, 5.74) is -0.964. The highest BCUT2D eigenvalue weighted by Crippen LogP contribution is 2.41. The Morgan fingerprint density at radius 1 is 1.29 bits per heavy atom. The van der Waals surface area contributed by atoms with Crippen LogP contribution >= 0.6 is 0 Å². The van der Waals surface area contributed by atoms with Crippen LogP contribution in [0.4, 0.5) is 4.79 Å². The Hall–Kier alpha value is -1.26. The summed E-state index contributed by atoms with van der Waals surface area (Å²) in [6.07, 6.45) is 0.757. The van der Waals surface area contributed by atoms with Crippen molar-refractivity contribution in [2.75, 3.05) is 7.11 Å². The quantitative estimate of drug-likeness (QED) is 0.752. The molecule has 17 heavy (non-hydrogen) atoms. The standard InChI is InChI=1S/C12H21NO4/c1-11(2,3)17-10(15)13-8-6-12(4,7-8)9(14)16-5/h8H,6-7H2,1-5H3,(H,13,15). The van der Waals surface area contributed by atoms with Crippen LogP contribution in [0.15, 0.2) is 0 Å². The van der Waals surface area contributed by atoms with Crippen LogP contribution in [0.2, 0.25) is 0 Å². The smallest absolute Gasteiger partial charge is 0.407 e. The third-order valence-corrected chi connectivity index (χ3v) is 2.79. The Balaban J connectivity index is 2.35. The monoisotopic (exact) mass is 243 g/mol. The first-order valence-corrected chi connectivity index (χ1v) is 5.74. The second kappa shape index (κ2) is 4.55. The largest absolute Gasteiger partial charge is 0.469 e. The summed E-state index contributed by atoms with van der Waals surface area (Å²) in [5, 5.41) is 2.74. The molecule has 5 heteroatoms. The molecule has 1 rings (SSSR count). The van der Waals surface area contributed by atoms with Crippen molar-refractivity contribution in [2.45, 2.75) is 52.2 Å². The van der Waals surface area contributed by atoms with E-state index >= 15 is 0 Å². The number of ether oxygens (including phenoxy) is 2. The highest BCUT2D eigenvalue weighted by Gasteiger charge is 2.48. The van der Waals surface area contributed by atoms with Gasteiger partial charge in [-0.15, -0.1) is 0 Å². The lowest BCUT2D eigenvalue weighted by molar-refractivity contribution is -0.158. The molecule has 5 nitrogen and oxygen atoms in total. The normalized spacial score (nSPS) is 27.9. The lowest BCUT2D eigenvalue weighted by Crippen LogP contribution is -2.53. The van der Waals surface area contributed by atoms with Gasteiger partial charge in [0.25, 0.3) is 0 Å². The van der Waals surface area contributed by atoms with Crippen LogP contribution in [-0.4, -0.2) is 30.8 Å². The molecule has 0 aliphatic heterocycles. The topological polar surface area (TPSA) is 64.6 Å². The zero-order chi connectivity index (χ0) is 13.3. The van der Waals surface area contributed by atoms with Crippen molar-refractivity contribution in [3.63, 3.8) is 0 Å². The Labute approximate surface area is 102 Å². The van der Waals surface area contributed by atoms with Crippen molar-refractivity contribution in [3.05, 3.63) is 0 Å². The number of hydrogen-bond acceptors (Lipinski definition) is 4. The fourth-order valence-electron chi connectivity index (χ4n) is 2.02. The molecule has 0 saturated heterocycles. The van der Waals surface area contributed by atoms with E-state index in [1.807, 2.05) is 27.7 Å². The zero-order valence-electron chi connectivity index (χ0n) is 11.1. The highest BCUT2D eigenvalue weighted by molar-refractivity contribution is 5.78. The van der Waals surface area contributed by atoms with E-state index < -0.39 is 17.1 Å². The van der Waals surface area contributed by atoms with E-state index in [1.54, 1.807) is 0 Å². The molecule has 0 aromatic rings. The van der Waals surface area contributed by atoms with E-state index in [2.05, 4.69) is 5.32 Å². The van der Waals surface area contributed by atoms with Crippen LogP contribution in [0.25, 0.3) is 0 Å². The van der Waals surface area contributed by atoms with Crippen LogP contribution in [0.5, 0.6) is 0 Å². The van der Waals surface area contributed by atoms with Crippen molar-refractivity contribution in [1.29, 1.82) is 0 Å². The molecule has 0 aromatic carbocycles. The number of nitrogens with one attached hydrogen (secondary N) is 1. The molecule has 98 valence electrons. The van der Waals surface area contributed by atoms with Crippen LogP contribution in [0, 0.1) is 5.41 Å². The summed E-state index contributed by atoms with van der Waals surface area (Å²) in [7, 11) is 1.38. The Kier molecular flexibility index (Phi) is 3.69. The molecule has 0 spiro atoms. The number of methoxy groups -OCH3 is 1. The second-order valence-corrected chi connectivity index (χ2v) is 5.80. The van der Waals surface area contributed by atoms with Crippen LogP contribution in [0.3, 0.4) is 0 Å². The maximum absolute atomic E-state index is 11.5. The predicted octanol–water partition coefficient (Wildman–Crippen LogP) is 1.85. The van der Waals surface area contributed by atoms with Gasteiger partial charge in [0, 0.05) is 6.04 Å². The molecule has 0 bridgehead atoms. The fourth-order valence-corrected chi connectivity index (χ4v) is 2.02. The molecular formula is C12H21NO4. The maximum Gasteiger partial charge on any atom is 0.407 e. The molecule has 1 saturated carbocycles. The van der Waals surface area contributed by atoms with Gasteiger partial charge in [0.05, 0.1) is 12.5 Å². The van der Waals surface area contributed by atoms with E-state index in [9.17, 15) is 9.59 Å². The van der Waals surface area contributed by atoms with Crippen LogP contribution < -0.4 is 5.32 Å². The molecule has 0 radical (unpaired) electrons. The minimum absolute atomic E-state index is 0.00560. The number of amides is 1. The number of alkyl carbamates (subject to hydrolysis) is 1. The zero-order valence-corrected chi connectivity index (χ0v) is 11.1. The third-order valence-electron chi connectivity index (χ3n) is 2.79. The summed E-state index contributed by atoms with van der Waals surface area (Å²) in [4.78, 5) is 22.9. The molecular weight excluding hydrogens is 222 g/mol. The highest BCUT2D eigenvalue weighted by atomic mass is 16.6. The molecule has 1 N–H and O–H groups in total. The average molecular weight is 243 g/mol. The van der Waals surface area contributed by atoms with E-state index in [-0.39, 0.29) is 12.0 Å². The first-order chi connectivity index (χ1) is 7.66. The van der Waals surface area contributed by atoms with E-state index in [4.69, 9.17) is 9.47 Å². The number of hydrogen-bond donors (Lipinski definition) is 1. The molecule has 1 fully saturated rings. The molecule has 1 amide bonds. The summed E-state index contributed by atoms with van der Waals surface area (Å²) in [6.45, 7) is 7.27. The van der Waals surface area contributed by atoms with E-state index in [1.165, 1.54) is 7.11 Å². The van der Waals surface area contributed by atoms with Gasteiger partial charge in [-0.05, 0) is 40.5 Å². The van der Waals surface area contributed by atoms with Gasteiger partial charge in [-0.1, -0.05) is 0 Å². The summed E-state index contributed by atoms with van der Waals surface area (Å²) < 4.78 is 9.84. The van der Waals surface area contributed by atoms with Crippen LogP contribution in [-0.2, 0) is 14.3 Å². The number of carbonyl (C=O) groups is 2. The van der Waals surface area contributed by atoms with Crippen molar-refractivity contribution in [2.24, 2.45) is 5.41 Å². The van der Waals surface area contributed by atoms with Gasteiger partial charge < -0.3 is 14.8 Å². The average Bonchev–Trinajstić information content (AvgIpc) is 2.10. The maximum atomic E-state index is 11.5. The molecule has 1 aliphatic rings. The SMILES string of the molecule is COC(=O)C1(C)CC(NC(=O)OC(C)(C)C)C1. The van der Waals surface area contributed by atoms with Gasteiger partial charge >= 0.3 is 12.1 Å². The molecule has 0 atom stereocenters. The van der Waals surface area contributed by atoms with E-state index in [0.29, 0.717) is 12.8 Å². The van der Waals surface area contributed by atoms with Crippen molar-refractivity contribution in [3.8, 4) is 0 Å². The van der Waals surface area contributed by atoms with Gasteiger partial charge in [-0.2, -0.15) is 0 Å². The first-order valence-electron chi connectivity index (χ1n) is 5.74. The van der Waals surface area contributed by atoms with Gasteiger partial charge in [-0.25, -0.2) is 4.79 Å². The Morgan fingerprint density at radius 2 is 1.82 bits per heavy atom. The Morgan fingerprint density at radius 3 is 2.24 bits per heavy atom. The lowest BCUT2D eigenvalue weighted by atomic mass is 9.67. The fraction of sp³-hybridized carbons (Fsp3) is 0.833. The van der Waals surface area contributed by atoms with Crippen LogP contribution in [0.1, 0.15) is 40.5 Å². The minimum Gasteiger partial charge on any atom is -0.469 e. The molecule has 0 heterocycles. The molecule has 0 unspecified atom stereocenters. The Bertz CT molecular complexity index is 313. The molecule has 1 aliphatic carbocycles. The van der Waals surface area contributed by atoms with Gasteiger partial charge in [-0.3, -0.25) is 4.79 Å². The van der Waals surface area contributed by atoms with Crippen molar-refractivity contribution >= 4 is 12.1 Å². The second-order valence-electron chi connectivity index (χ2n) is 5.80. The van der Waals surface area contributed by atoms with Gasteiger partial charge in [0.1, 0.15) is 5.60 Å². The van der Waals surface area contributed by atoms with E-state index in [0.717, 1.165) is 0 Å². The minimum atomic E-state index is -0.501. The third kappa shape index (κ3) is 3.61. The molecule has 0 aromatic heterocycles. The summed E-state index contributed by atoms with van der Waals surface area (Å²) >= 11 is 0. The van der Waals surface area contributed by atoms with Crippen molar-refractivity contribution < 1.29 is 19.1 Å². The van der Waals surface area contributed by atoms with Crippen molar-refractivity contribution in [1.82, 2.24) is 5.32 Å². The lowest BCUT2D eigenvalue weighted by Gasteiger charge is -2.42. The summed E-state index contributed by atoms with van der Waals surface area (Å²) in [5.74, 6) is -0.222. The first kappa shape index (κ1) is 13.8. The number of rotatable bonds is 2. The summed E-state index contributed by atoms with van der Waals surface area (Å²) in [6, 6.07) is -0.00560. The predicted molar refractivity (Wildman–Crippen MR) is 62.5 cm³/mol.